The van der Waals surface area contributed by atoms with Crippen molar-refractivity contribution in [3.05, 3.63) is 31.2 Å². The van der Waals surface area contributed by atoms with E-state index in [1.165, 1.54) is 70.6 Å². The highest BCUT2D eigenvalue weighted by molar-refractivity contribution is 4.92. The van der Waals surface area contributed by atoms with Crippen molar-refractivity contribution in [1.29, 1.82) is 0 Å². The summed E-state index contributed by atoms with van der Waals surface area (Å²) in [6.07, 6.45) is 26.4. The highest BCUT2D eigenvalue weighted by atomic mass is 14.0. The lowest BCUT2D eigenvalue weighted by Crippen LogP contribution is -1.78. The predicted molar refractivity (Wildman–Crippen MR) is 89.3 cm³/mol. The second-order valence-corrected chi connectivity index (χ2v) is 5.44. The number of unbranched alkanes of at least 4 members (excludes halogenated alkanes) is 10. The zero-order valence-electron chi connectivity index (χ0n) is 13.2. The molecule has 1 radical (unpaired) electrons. The van der Waals surface area contributed by atoms with Crippen LogP contribution < -0.4 is 0 Å². The Balaban J connectivity index is 3.12. The average molecular weight is 263 g/mol. The SMILES string of the molecule is [CH2]CCCCC=CCC=CCCCCCCCCC. The molecule has 0 amide bonds. The fourth-order valence-corrected chi connectivity index (χ4v) is 2.16. The Morgan fingerprint density at radius 3 is 1.74 bits per heavy atom. The van der Waals surface area contributed by atoms with Gasteiger partial charge in [0.05, 0.1) is 0 Å². The third-order valence-electron chi connectivity index (χ3n) is 3.45. The van der Waals surface area contributed by atoms with Crippen molar-refractivity contribution in [3.8, 4) is 0 Å². The molecule has 0 aromatic carbocycles. The van der Waals surface area contributed by atoms with E-state index >= 15 is 0 Å². The molecular formula is C19H35. The van der Waals surface area contributed by atoms with Gasteiger partial charge in [-0.3, -0.25) is 0 Å². The Hall–Kier alpha value is -0.520. The van der Waals surface area contributed by atoms with Crippen LogP contribution in [0.2, 0.25) is 0 Å². The molecule has 19 heavy (non-hydrogen) atoms. The van der Waals surface area contributed by atoms with Crippen molar-refractivity contribution in [2.24, 2.45) is 0 Å². The molecule has 0 spiro atoms. The molecule has 0 atom stereocenters. The number of allylic oxidation sites excluding steroid dienone is 4. The third kappa shape index (κ3) is 17.5. The first-order valence-corrected chi connectivity index (χ1v) is 8.51. The maximum atomic E-state index is 3.85. The van der Waals surface area contributed by atoms with Crippen molar-refractivity contribution in [3.63, 3.8) is 0 Å². The maximum Gasteiger partial charge on any atom is -0.0169 e. The fraction of sp³-hybridized carbons (Fsp3) is 0.737. The first-order valence-electron chi connectivity index (χ1n) is 8.51. The molecule has 0 rings (SSSR count). The Bertz CT molecular complexity index is 200. The fourth-order valence-electron chi connectivity index (χ4n) is 2.16. The van der Waals surface area contributed by atoms with Crippen LogP contribution in [-0.2, 0) is 0 Å². The van der Waals surface area contributed by atoms with E-state index in [9.17, 15) is 0 Å². The lowest BCUT2D eigenvalue weighted by molar-refractivity contribution is 0.592. The summed E-state index contributed by atoms with van der Waals surface area (Å²) in [5.41, 5.74) is 0. The van der Waals surface area contributed by atoms with Gasteiger partial charge >= 0.3 is 0 Å². The lowest BCUT2D eigenvalue weighted by atomic mass is 10.1. The van der Waals surface area contributed by atoms with Gasteiger partial charge < -0.3 is 0 Å². The highest BCUT2D eigenvalue weighted by Gasteiger charge is 1.89. The molecule has 0 fully saturated rings. The summed E-state index contributed by atoms with van der Waals surface area (Å²) in [6, 6.07) is 0. The average Bonchev–Trinajstić information content (AvgIpc) is 2.43. The quantitative estimate of drug-likeness (QED) is 0.233. The van der Waals surface area contributed by atoms with Crippen LogP contribution in [0.15, 0.2) is 24.3 Å². The van der Waals surface area contributed by atoms with Gasteiger partial charge in [-0.05, 0) is 32.1 Å². The minimum absolute atomic E-state index is 1.08. The number of hydrogen-bond donors (Lipinski definition) is 0. The van der Waals surface area contributed by atoms with E-state index in [1.807, 2.05) is 0 Å². The van der Waals surface area contributed by atoms with E-state index in [2.05, 4.69) is 38.2 Å². The van der Waals surface area contributed by atoms with E-state index in [1.54, 1.807) is 0 Å². The molecule has 0 aromatic rings. The summed E-state index contributed by atoms with van der Waals surface area (Å²) in [4.78, 5) is 0. The van der Waals surface area contributed by atoms with Crippen LogP contribution in [0.1, 0.15) is 90.4 Å². The molecule has 0 saturated carbocycles. The van der Waals surface area contributed by atoms with Crippen molar-refractivity contribution < 1.29 is 0 Å². The van der Waals surface area contributed by atoms with Crippen LogP contribution in [0, 0.1) is 6.92 Å². The molecule has 0 aromatic heterocycles. The van der Waals surface area contributed by atoms with Gasteiger partial charge in [0, 0.05) is 0 Å². The minimum Gasteiger partial charge on any atom is -0.0882 e. The standard InChI is InChI=1S/C19H35/c1-3-5-7-9-11-13-15-17-19-18-16-14-12-10-8-6-4-2/h11,13,17,19H,1,3-10,12,14-16,18H2,2H3. The van der Waals surface area contributed by atoms with Gasteiger partial charge in [0.25, 0.3) is 0 Å². The molecule has 0 bridgehead atoms. The maximum absolute atomic E-state index is 3.85. The van der Waals surface area contributed by atoms with Gasteiger partial charge in [-0.15, -0.1) is 0 Å². The Labute approximate surface area is 122 Å². The largest absolute Gasteiger partial charge is 0.0882 e. The van der Waals surface area contributed by atoms with Crippen molar-refractivity contribution >= 4 is 0 Å². The Morgan fingerprint density at radius 1 is 0.632 bits per heavy atom. The van der Waals surface area contributed by atoms with Crippen LogP contribution in [0.4, 0.5) is 0 Å². The molecule has 0 heterocycles. The van der Waals surface area contributed by atoms with Gasteiger partial charge in [0.1, 0.15) is 0 Å². The van der Waals surface area contributed by atoms with E-state index in [4.69, 9.17) is 0 Å². The Kier molecular flexibility index (Phi) is 17.0. The van der Waals surface area contributed by atoms with Crippen molar-refractivity contribution in [2.45, 2.75) is 90.4 Å². The van der Waals surface area contributed by atoms with Gasteiger partial charge in [-0.1, -0.05) is 89.5 Å². The third-order valence-corrected chi connectivity index (χ3v) is 3.45. The van der Waals surface area contributed by atoms with Gasteiger partial charge in [-0.25, -0.2) is 0 Å². The lowest BCUT2D eigenvalue weighted by Gasteiger charge is -1.98. The van der Waals surface area contributed by atoms with Crippen LogP contribution >= 0.6 is 0 Å². The summed E-state index contributed by atoms with van der Waals surface area (Å²) in [6.45, 7) is 6.13. The molecule has 0 aliphatic heterocycles. The zero-order chi connectivity index (χ0) is 14.0. The molecule has 111 valence electrons. The first kappa shape index (κ1) is 18.5. The van der Waals surface area contributed by atoms with Crippen molar-refractivity contribution in [2.75, 3.05) is 0 Å². The second kappa shape index (κ2) is 17.5. The van der Waals surface area contributed by atoms with Crippen LogP contribution in [-0.4, -0.2) is 0 Å². The predicted octanol–water partition coefficient (Wildman–Crippen LogP) is 7.02. The van der Waals surface area contributed by atoms with E-state index in [-0.39, 0.29) is 0 Å². The van der Waals surface area contributed by atoms with E-state index in [0.29, 0.717) is 0 Å². The molecular weight excluding hydrogens is 228 g/mol. The number of rotatable bonds is 14. The monoisotopic (exact) mass is 263 g/mol. The Morgan fingerprint density at radius 2 is 1.16 bits per heavy atom. The summed E-state index contributed by atoms with van der Waals surface area (Å²) in [7, 11) is 0. The summed E-state index contributed by atoms with van der Waals surface area (Å²) < 4.78 is 0. The van der Waals surface area contributed by atoms with Crippen molar-refractivity contribution in [1.82, 2.24) is 0 Å². The smallest absolute Gasteiger partial charge is 0.0169 e. The second-order valence-electron chi connectivity index (χ2n) is 5.44. The first-order chi connectivity index (χ1) is 9.41. The molecule has 0 nitrogen and oxygen atoms in total. The molecule has 0 aliphatic rings. The van der Waals surface area contributed by atoms with Crippen LogP contribution in [0.3, 0.4) is 0 Å². The minimum atomic E-state index is 1.08. The van der Waals surface area contributed by atoms with Gasteiger partial charge in [0.2, 0.25) is 0 Å². The zero-order valence-corrected chi connectivity index (χ0v) is 13.2. The van der Waals surface area contributed by atoms with E-state index < -0.39 is 0 Å². The molecule has 0 N–H and O–H groups in total. The highest BCUT2D eigenvalue weighted by Crippen LogP contribution is 2.08. The van der Waals surface area contributed by atoms with Gasteiger partial charge in [-0.2, -0.15) is 0 Å². The normalized spacial score (nSPS) is 11.9. The van der Waals surface area contributed by atoms with E-state index in [0.717, 1.165) is 12.8 Å². The molecule has 0 aliphatic carbocycles. The summed E-state index contributed by atoms with van der Waals surface area (Å²) in [5, 5.41) is 0. The number of hydrogen-bond acceptors (Lipinski definition) is 0. The van der Waals surface area contributed by atoms with Crippen LogP contribution in [0.25, 0.3) is 0 Å². The van der Waals surface area contributed by atoms with Crippen LogP contribution in [0.5, 0.6) is 0 Å². The van der Waals surface area contributed by atoms with Gasteiger partial charge in [0.15, 0.2) is 0 Å². The topological polar surface area (TPSA) is 0 Å². The summed E-state index contributed by atoms with van der Waals surface area (Å²) in [5.74, 6) is 0. The summed E-state index contributed by atoms with van der Waals surface area (Å²) >= 11 is 0. The molecule has 0 unspecified atom stereocenters. The molecule has 0 saturated heterocycles. The molecule has 0 heteroatoms.